The minimum absolute atomic E-state index is 0.275. The van der Waals surface area contributed by atoms with Crippen LogP contribution in [0, 0.1) is 0 Å². The second-order valence-electron chi connectivity index (χ2n) is 9.10. The zero-order valence-electron chi connectivity index (χ0n) is 21.8. The third-order valence-corrected chi connectivity index (χ3v) is 7.12. The quantitative estimate of drug-likeness (QED) is 0.213. The molecule has 0 aliphatic carbocycles. The van der Waals surface area contributed by atoms with Crippen molar-refractivity contribution < 1.29 is 23.7 Å². The van der Waals surface area contributed by atoms with E-state index < -0.39 is 18.4 Å². The van der Waals surface area contributed by atoms with E-state index in [1.54, 1.807) is 29.2 Å². The number of carbonyl (C=O) groups excluding carboxylic acids is 1. The summed E-state index contributed by atoms with van der Waals surface area (Å²) in [6.07, 6.45) is -0.211. The lowest BCUT2D eigenvalue weighted by Crippen LogP contribution is -2.42. The van der Waals surface area contributed by atoms with E-state index in [0.717, 1.165) is 27.7 Å². The van der Waals surface area contributed by atoms with Crippen LogP contribution >= 0.6 is 23.2 Å². The average Bonchev–Trinajstić information content (AvgIpc) is 3.31. The molecule has 2 heterocycles. The van der Waals surface area contributed by atoms with Crippen molar-refractivity contribution in [3.8, 4) is 11.5 Å². The minimum atomic E-state index is -0.443. The lowest BCUT2D eigenvalue weighted by atomic mass is 9.92. The van der Waals surface area contributed by atoms with Gasteiger partial charge in [-0.15, -0.1) is 0 Å². The summed E-state index contributed by atoms with van der Waals surface area (Å²) in [5.74, 6) is 1.11. The van der Waals surface area contributed by atoms with Crippen molar-refractivity contribution in [3.05, 3.63) is 93.6 Å². The maximum absolute atomic E-state index is 13.5. The highest BCUT2D eigenvalue weighted by molar-refractivity contribution is 6.31. The molecule has 0 bridgehead atoms. The van der Waals surface area contributed by atoms with E-state index in [1.807, 2.05) is 56.3 Å². The van der Waals surface area contributed by atoms with E-state index in [0.29, 0.717) is 47.7 Å². The van der Waals surface area contributed by atoms with Crippen molar-refractivity contribution in [2.45, 2.75) is 32.6 Å². The first-order chi connectivity index (χ1) is 19.0. The fourth-order valence-corrected chi connectivity index (χ4v) is 5.19. The predicted octanol–water partition coefficient (Wildman–Crippen LogP) is 7.40. The molecular formula is C30H30Cl2N2O5. The van der Waals surface area contributed by atoms with Gasteiger partial charge in [0.1, 0.15) is 24.1 Å². The van der Waals surface area contributed by atoms with Gasteiger partial charge in [0.05, 0.1) is 0 Å². The number of amides is 1. The molecule has 0 saturated heterocycles. The second-order valence-corrected chi connectivity index (χ2v) is 9.97. The fraction of sp³-hybridized carbons (Fsp3) is 0.300. The molecule has 1 aliphatic heterocycles. The Morgan fingerprint density at radius 1 is 0.949 bits per heavy atom. The summed E-state index contributed by atoms with van der Waals surface area (Å²) in [4.78, 5) is 18.7. The largest absolute Gasteiger partial charge is 0.488 e. The van der Waals surface area contributed by atoms with Crippen LogP contribution in [-0.4, -0.2) is 48.6 Å². The number of aromatic amines is 1. The highest BCUT2D eigenvalue weighted by Gasteiger charge is 2.35. The molecule has 0 fully saturated rings. The second kappa shape index (κ2) is 12.3. The molecule has 3 aromatic carbocycles. The summed E-state index contributed by atoms with van der Waals surface area (Å²) in [5, 5.41) is 2.30. The van der Waals surface area contributed by atoms with E-state index in [2.05, 4.69) is 4.98 Å². The number of H-pyrrole nitrogens is 1. The van der Waals surface area contributed by atoms with E-state index >= 15 is 0 Å². The van der Waals surface area contributed by atoms with Crippen LogP contribution in [-0.2, 0) is 15.9 Å². The Morgan fingerprint density at radius 2 is 1.62 bits per heavy atom. The zero-order chi connectivity index (χ0) is 27.4. The van der Waals surface area contributed by atoms with Crippen LogP contribution < -0.4 is 9.47 Å². The minimum Gasteiger partial charge on any atom is -0.488 e. The lowest BCUT2D eigenvalue weighted by Gasteiger charge is -2.35. The van der Waals surface area contributed by atoms with Gasteiger partial charge in [0, 0.05) is 46.4 Å². The van der Waals surface area contributed by atoms with E-state index in [-0.39, 0.29) is 6.61 Å². The summed E-state index contributed by atoms with van der Waals surface area (Å²) < 4.78 is 22.8. The Hall–Kier alpha value is -3.23. The number of ether oxygens (including phenoxy) is 4. The van der Waals surface area contributed by atoms with Crippen molar-refractivity contribution >= 4 is 40.2 Å². The molecule has 1 atom stereocenters. The van der Waals surface area contributed by atoms with Crippen molar-refractivity contribution in [1.82, 2.24) is 9.88 Å². The Labute approximate surface area is 237 Å². The van der Waals surface area contributed by atoms with Gasteiger partial charge in [0.2, 0.25) is 0 Å². The Balaban J connectivity index is 1.44. The molecule has 1 aliphatic rings. The molecule has 0 saturated carbocycles. The maximum Gasteiger partial charge on any atom is 0.416 e. The number of benzene rings is 3. The van der Waals surface area contributed by atoms with Gasteiger partial charge < -0.3 is 23.9 Å². The van der Waals surface area contributed by atoms with E-state index in [1.165, 1.54) is 0 Å². The first kappa shape index (κ1) is 27.3. The molecular weight excluding hydrogens is 539 g/mol. The number of halogens is 2. The number of nitrogens with zero attached hydrogens (tertiary/aromatic N) is 1. The molecule has 0 radical (unpaired) electrons. The molecule has 0 spiro atoms. The first-order valence-electron chi connectivity index (χ1n) is 13.0. The van der Waals surface area contributed by atoms with Crippen LogP contribution in [0.3, 0.4) is 0 Å². The molecule has 1 unspecified atom stereocenters. The molecule has 1 aromatic heterocycles. The van der Waals surface area contributed by atoms with Gasteiger partial charge in [-0.2, -0.15) is 0 Å². The van der Waals surface area contributed by atoms with E-state index in [4.69, 9.17) is 42.1 Å². The monoisotopic (exact) mass is 568 g/mol. The van der Waals surface area contributed by atoms with Crippen LogP contribution in [0.4, 0.5) is 4.79 Å². The number of nitrogens with one attached hydrogen (secondary N) is 1. The van der Waals surface area contributed by atoms with Gasteiger partial charge in [0.25, 0.3) is 0 Å². The van der Waals surface area contributed by atoms with Gasteiger partial charge in [-0.25, -0.2) is 4.79 Å². The lowest BCUT2D eigenvalue weighted by molar-refractivity contribution is -0.152. The maximum atomic E-state index is 13.5. The van der Waals surface area contributed by atoms with Gasteiger partial charge >= 0.3 is 6.09 Å². The van der Waals surface area contributed by atoms with Crippen molar-refractivity contribution in [2.75, 3.05) is 26.4 Å². The molecule has 9 heteroatoms. The molecule has 1 N–H and O–H groups in total. The molecule has 1 amide bonds. The Bertz CT molecular complexity index is 1420. The normalized spacial score (nSPS) is 15.0. The Morgan fingerprint density at radius 3 is 2.31 bits per heavy atom. The topological polar surface area (TPSA) is 73.0 Å². The van der Waals surface area contributed by atoms with Crippen LogP contribution in [0.1, 0.15) is 36.7 Å². The third-order valence-electron chi connectivity index (χ3n) is 6.63. The fourth-order valence-electron chi connectivity index (χ4n) is 4.89. The van der Waals surface area contributed by atoms with Crippen molar-refractivity contribution in [3.63, 3.8) is 0 Å². The first-order valence-corrected chi connectivity index (χ1v) is 13.7. The summed E-state index contributed by atoms with van der Waals surface area (Å²) in [6.45, 7) is 5.66. The van der Waals surface area contributed by atoms with E-state index in [9.17, 15) is 4.79 Å². The standard InChI is InChI=1S/C30H30Cl2N2O5/c1-3-36-27(37-4-2)18-38-22-10-5-19(6-11-22)29-28-24(25-17-21(32)9-14-26(25)33-28)15-16-34(29)30(35)39-23-12-7-20(31)8-13-23/h5-14,17,27,29,33H,3-4,15-16,18H2,1-2H3. The molecule has 5 rings (SSSR count). The summed E-state index contributed by atoms with van der Waals surface area (Å²) in [6, 6.07) is 19.9. The average molecular weight is 569 g/mol. The van der Waals surface area contributed by atoms with Crippen LogP contribution in [0.25, 0.3) is 10.9 Å². The molecule has 7 nitrogen and oxygen atoms in total. The number of carbonyl (C=O) groups is 1. The third kappa shape index (κ3) is 6.17. The summed E-state index contributed by atoms with van der Waals surface area (Å²) in [7, 11) is 0. The van der Waals surface area contributed by atoms with Gasteiger partial charge in [-0.3, -0.25) is 4.90 Å². The van der Waals surface area contributed by atoms with Crippen molar-refractivity contribution in [2.24, 2.45) is 0 Å². The number of rotatable bonds is 9. The highest BCUT2D eigenvalue weighted by atomic mass is 35.5. The van der Waals surface area contributed by atoms with Crippen LogP contribution in [0.2, 0.25) is 10.0 Å². The smallest absolute Gasteiger partial charge is 0.416 e. The number of hydrogen-bond acceptors (Lipinski definition) is 5. The summed E-state index contributed by atoms with van der Waals surface area (Å²) in [5.41, 5.74) is 3.97. The number of fused-ring (bicyclic) bond motifs is 3. The van der Waals surface area contributed by atoms with Gasteiger partial charge in [-0.05, 0) is 86.0 Å². The number of hydrogen-bond donors (Lipinski definition) is 1. The molecule has 204 valence electrons. The molecule has 4 aromatic rings. The van der Waals surface area contributed by atoms with Crippen LogP contribution in [0.5, 0.6) is 11.5 Å². The number of aromatic nitrogens is 1. The van der Waals surface area contributed by atoms with Crippen molar-refractivity contribution in [1.29, 1.82) is 0 Å². The zero-order valence-corrected chi connectivity index (χ0v) is 23.3. The van der Waals surface area contributed by atoms with Gasteiger partial charge in [-0.1, -0.05) is 35.3 Å². The predicted molar refractivity (Wildman–Crippen MR) is 152 cm³/mol. The SMILES string of the molecule is CCOC(COc1ccc(C2c3[nH]c4ccc(Cl)cc4c3CCN2C(=O)Oc2ccc(Cl)cc2)cc1)OCC. The molecule has 39 heavy (non-hydrogen) atoms. The Kier molecular flexibility index (Phi) is 8.63. The van der Waals surface area contributed by atoms with Crippen LogP contribution in [0.15, 0.2) is 66.7 Å². The highest BCUT2D eigenvalue weighted by Crippen LogP contribution is 2.40. The summed E-state index contributed by atoms with van der Waals surface area (Å²) >= 11 is 12.3. The van der Waals surface area contributed by atoms with Gasteiger partial charge in [0.15, 0.2) is 6.29 Å².